The summed E-state index contributed by atoms with van der Waals surface area (Å²) in [5.41, 5.74) is 0.127. The van der Waals surface area contributed by atoms with E-state index in [1.165, 1.54) is 19.5 Å². The second kappa shape index (κ2) is 9.02. The average Bonchev–Trinajstić information content (AvgIpc) is 2.59. The van der Waals surface area contributed by atoms with E-state index in [2.05, 4.69) is 35.6 Å². The summed E-state index contributed by atoms with van der Waals surface area (Å²) in [7, 11) is 0. The van der Waals surface area contributed by atoms with E-state index in [-0.39, 0.29) is 5.69 Å². The Kier molecular flexibility index (Phi) is 7.03. The molecule has 0 radical (unpaired) electrons. The lowest BCUT2D eigenvalue weighted by molar-refractivity contribution is 0.0690. The predicted molar refractivity (Wildman–Crippen MR) is 97.7 cm³/mol. The summed E-state index contributed by atoms with van der Waals surface area (Å²) >= 11 is 0. The topological polar surface area (TPSA) is 56.7 Å². The van der Waals surface area contributed by atoms with Crippen LogP contribution in [0.3, 0.4) is 0 Å². The maximum Gasteiger partial charge on any atom is 0.354 e. The SMILES string of the molecule is CCN(CCC1CCN(c2cccc(C(=O)O)n2)CC1)CC(C)C. The van der Waals surface area contributed by atoms with Crippen molar-refractivity contribution in [2.24, 2.45) is 11.8 Å². The first-order valence-electron chi connectivity index (χ1n) is 9.17. The molecule has 2 heterocycles. The summed E-state index contributed by atoms with van der Waals surface area (Å²) in [6, 6.07) is 5.24. The summed E-state index contributed by atoms with van der Waals surface area (Å²) in [6.07, 6.45) is 3.59. The van der Waals surface area contributed by atoms with Crippen molar-refractivity contribution >= 4 is 11.8 Å². The van der Waals surface area contributed by atoms with Gasteiger partial charge in [0, 0.05) is 19.6 Å². The number of anilines is 1. The van der Waals surface area contributed by atoms with Crippen LogP contribution in [0.4, 0.5) is 5.82 Å². The van der Waals surface area contributed by atoms with Gasteiger partial charge in [-0.3, -0.25) is 0 Å². The van der Waals surface area contributed by atoms with Crippen LogP contribution in [-0.2, 0) is 0 Å². The van der Waals surface area contributed by atoms with Crippen LogP contribution >= 0.6 is 0 Å². The third kappa shape index (κ3) is 5.48. The molecule has 0 atom stereocenters. The van der Waals surface area contributed by atoms with Crippen molar-refractivity contribution in [1.82, 2.24) is 9.88 Å². The molecule has 0 aliphatic carbocycles. The molecule has 0 spiro atoms. The van der Waals surface area contributed by atoms with Crippen LogP contribution in [0.1, 0.15) is 50.5 Å². The van der Waals surface area contributed by atoms with Crippen LogP contribution in [0, 0.1) is 11.8 Å². The van der Waals surface area contributed by atoms with Gasteiger partial charge in [-0.15, -0.1) is 0 Å². The van der Waals surface area contributed by atoms with Crippen molar-refractivity contribution in [2.45, 2.75) is 40.0 Å². The fraction of sp³-hybridized carbons (Fsp3) is 0.684. The average molecular weight is 333 g/mol. The number of carbonyl (C=O) groups is 1. The molecule has 1 fully saturated rings. The molecular formula is C19H31N3O2. The van der Waals surface area contributed by atoms with Crippen LogP contribution in [0.2, 0.25) is 0 Å². The number of aromatic carboxylic acids is 1. The van der Waals surface area contributed by atoms with Gasteiger partial charge < -0.3 is 14.9 Å². The maximum absolute atomic E-state index is 11.1. The highest BCUT2D eigenvalue weighted by Gasteiger charge is 2.21. The molecule has 0 aromatic carbocycles. The zero-order valence-corrected chi connectivity index (χ0v) is 15.2. The zero-order chi connectivity index (χ0) is 17.5. The monoisotopic (exact) mass is 333 g/mol. The number of carboxylic acids is 1. The first-order chi connectivity index (χ1) is 11.5. The highest BCUT2D eigenvalue weighted by atomic mass is 16.4. The molecule has 0 unspecified atom stereocenters. The van der Waals surface area contributed by atoms with E-state index in [1.807, 2.05) is 6.07 Å². The van der Waals surface area contributed by atoms with Crippen molar-refractivity contribution in [2.75, 3.05) is 37.6 Å². The van der Waals surface area contributed by atoms with Gasteiger partial charge in [0.25, 0.3) is 0 Å². The van der Waals surface area contributed by atoms with Crippen molar-refractivity contribution in [1.29, 1.82) is 0 Å². The number of carboxylic acid groups (broad SMARTS) is 1. The molecule has 5 heteroatoms. The van der Waals surface area contributed by atoms with Gasteiger partial charge in [-0.2, -0.15) is 0 Å². The lowest BCUT2D eigenvalue weighted by Gasteiger charge is -2.34. The van der Waals surface area contributed by atoms with Gasteiger partial charge in [0.1, 0.15) is 5.82 Å². The van der Waals surface area contributed by atoms with Gasteiger partial charge in [-0.25, -0.2) is 9.78 Å². The molecule has 0 amide bonds. The number of piperidine rings is 1. The molecule has 1 aromatic heterocycles. The Labute approximate surface area is 145 Å². The molecule has 2 rings (SSSR count). The Hall–Kier alpha value is -1.62. The van der Waals surface area contributed by atoms with E-state index in [0.717, 1.165) is 50.1 Å². The third-order valence-electron chi connectivity index (χ3n) is 4.82. The van der Waals surface area contributed by atoms with Crippen LogP contribution in [0.15, 0.2) is 18.2 Å². The van der Waals surface area contributed by atoms with E-state index < -0.39 is 5.97 Å². The minimum atomic E-state index is -0.962. The first kappa shape index (κ1) is 18.7. The lowest BCUT2D eigenvalue weighted by Crippen LogP contribution is -2.36. The van der Waals surface area contributed by atoms with E-state index in [1.54, 1.807) is 12.1 Å². The molecule has 1 aliphatic heterocycles. The highest BCUT2D eigenvalue weighted by Crippen LogP contribution is 2.24. The van der Waals surface area contributed by atoms with E-state index in [4.69, 9.17) is 5.11 Å². The molecular weight excluding hydrogens is 302 g/mol. The number of rotatable bonds is 8. The van der Waals surface area contributed by atoms with Crippen molar-refractivity contribution < 1.29 is 9.90 Å². The molecule has 24 heavy (non-hydrogen) atoms. The minimum absolute atomic E-state index is 0.127. The molecule has 1 aromatic rings. The van der Waals surface area contributed by atoms with Gasteiger partial charge in [0.15, 0.2) is 5.69 Å². The van der Waals surface area contributed by atoms with Gasteiger partial charge in [-0.05, 0) is 56.3 Å². The zero-order valence-electron chi connectivity index (χ0n) is 15.2. The van der Waals surface area contributed by atoms with Crippen molar-refractivity contribution in [3.8, 4) is 0 Å². The molecule has 134 valence electrons. The molecule has 0 saturated carbocycles. The number of hydrogen-bond acceptors (Lipinski definition) is 4. The summed E-state index contributed by atoms with van der Waals surface area (Å²) in [5.74, 6) is 1.32. The number of nitrogens with zero attached hydrogens (tertiary/aromatic N) is 3. The van der Waals surface area contributed by atoms with Gasteiger partial charge in [-0.1, -0.05) is 26.8 Å². The Morgan fingerprint density at radius 2 is 2.08 bits per heavy atom. The van der Waals surface area contributed by atoms with E-state index in [0.29, 0.717) is 0 Å². The van der Waals surface area contributed by atoms with Gasteiger partial charge in [0.05, 0.1) is 0 Å². The summed E-state index contributed by atoms with van der Waals surface area (Å²) in [6.45, 7) is 12.2. The fourth-order valence-electron chi connectivity index (χ4n) is 3.43. The van der Waals surface area contributed by atoms with Gasteiger partial charge in [0.2, 0.25) is 0 Å². The van der Waals surface area contributed by atoms with Crippen LogP contribution in [0.25, 0.3) is 0 Å². The maximum atomic E-state index is 11.1. The normalized spacial score (nSPS) is 16.1. The van der Waals surface area contributed by atoms with Gasteiger partial charge >= 0.3 is 5.97 Å². The first-order valence-corrected chi connectivity index (χ1v) is 9.17. The predicted octanol–water partition coefficient (Wildman–Crippen LogP) is 3.36. The number of hydrogen-bond donors (Lipinski definition) is 1. The smallest absolute Gasteiger partial charge is 0.354 e. The van der Waals surface area contributed by atoms with Crippen LogP contribution < -0.4 is 4.90 Å². The van der Waals surface area contributed by atoms with Crippen molar-refractivity contribution in [3.63, 3.8) is 0 Å². The fourth-order valence-corrected chi connectivity index (χ4v) is 3.43. The summed E-state index contributed by atoms with van der Waals surface area (Å²) in [5, 5.41) is 9.07. The second-order valence-electron chi connectivity index (χ2n) is 7.19. The Bertz CT molecular complexity index is 525. The highest BCUT2D eigenvalue weighted by molar-refractivity contribution is 5.85. The molecule has 0 bridgehead atoms. The second-order valence-corrected chi connectivity index (χ2v) is 7.19. The largest absolute Gasteiger partial charge is 0.477 e. The lowest BCUT2D eigenvalue weighted by atomic mass is 9.93. The Morgan fingerprint density at radius 1 is 1.38 bits per heavy atom. The van der Waals surface area contributed by atoms with Crippen LogP contribution in [-0.4, -0.2) is 53.7 Å². The quantitative estimate of drug-likeness (QED) is 0.790. The minimum Gasteiger partial charge on any atom is -0.477 e. The van der Waals surface area contributed by atoms with Crippen molar-refractivity contribution in [3.05, 3.63) is 23.9 Å². The summed E-state index contributed by atoms with van der Waals surface area (Å²) < 4.78 is 0. The number of aromatic nitrogens is 1. The van der Waals surface area contributed by atoms with E-state index >= 15 is 0 Å². The standard InChI is InChI=1S/C19H31N3O2/c1-4-21(14-15(2)3)11-8-16-9-12-22(13-10-16)18-7-5-6-17(20-18)19(23)24/h5-7,15-16H,4,8-14H2,1-3H3,(H,23,24). The number of pyridine rings is 1. The third-order valence-corrected chi connectivity index (χ3v) is 4.82. The Morgan fingerprint density at radius 3 is 2.67 bits per heavy atom. The Balaban J connectivity index is 1.81. The van der Waals surface area contributed by atoms with Crippen LogP contribution in [0.5, 0.6) is 0 Å². The molecule has 1 saturated heterocycles. The van der Waals surface area contributed by atoms with E-state index in [9.17, 15) is 4.79 Å². The summed E-state index contributed by atoms with van der Waals surface area (Å²) in [4.78, 5) is 20.1. The molecule has 1 N–H and O–H groups in total. The molecule has 1 aliphatic rings. The molecule has 5 nitrogen and oxygen atoms in total.